The fourth-order valence-corrected chi connectivity index (χ4v) is 2.54. The summed E-state index contributed by atoms with van der Waals surface area (Å²) in [5.41, 5.74) is 1.12. The molecule has 0 aliphatic heterocycles. The van der Waals surface area contributed by atoms with Crippen LogP contribution in [0.15, 0.2) is 30.4 Å². The highest BCUT2D eigenvalue weighted by atomic mass is 16.5. The van der Waals surface area contributed by atoms with E-state index >= 15 is 0 Å². The van der Waals surface area contributed by atoms with Gasteiger partial charge in [0.2, 0.25) is 5.91 Å². The van der Waals surface area contributed by atoms with E-state index < -0.39 is 0 Å². The average Bonchev–Trinajstić information content (AvgIpc) is 2.55. The SMILES string of the molecule is COc1ccc(CCNC(=O)C2CC=CCC2)cc1OC. The minimum absolute atomic E-state index is 0.139. The first-order valence-electron chi connectivity index (χ1n) is 7.38. The number of allylic oxidation sites excluding steroid dienone is 2. The van der Waals surface area contributed by atoms with Crippen molar-refractivity contribution in [2.45, 2.75) is 25.7 Å². The molecule has 1 atom stereocenters. The molecule has 1 aromatic rings. The number of benzene rings is 1. The molecular formula is C17H23NO3. The van der Waals surface area contributed by atoms with E-state index in [-0.39, 0.29) is 11.8 Å². The maximum atomic E-state index is 12.0. The summed E-state index contributed by atoms with van der Waals surface area (Å²) in [7, 11) is 3.25. The Balaban J connectivity index is 1.83. The third-order valence-electron chi connectivity index (χ3n) is 3.80. The lowest BCUT2D eigenvalue weighted by Gasteiger charge is -2.17. The molecule has 4 heteroatoms. The van der Waals surface area contributed by atoms with Crippen LogP contribution in [0.1, 0.15) is 24.8 Å². The second-order valence-corrected chi connectivity index (χ2v) is 5.21. The molecule has 0 saturated carbocycles. The fourth-order valence-electron chi connectivity index (χ4n) is 2.54. The van der Waals surface area contributed by atoms with Gasteiger partial charge in [-0.15, -0.1) is 0 Å². The number of methoxy groups -OCH3 is 2. The van der Waals surface area contributed by atoms with Gasteiger partial charge >= 0.3 is 0 Å². The summed E-state index contributed by atoms with van der Waals surface area (Å²) in [6, 6.07) is 5.84. The van der Waals surface area contributed by atoms with Crippen LogP contribution in [-0.2, 0) is 11.2 Å². The van der Waals surface area contributed by atoms with Crippen LogP contribution in [0.2, 0.25) is 0 Å². The van der Waals surface area contributed by atoms with Crippen LogP contribution in [0.5, 0.6) is 11.5 Å². The van der Waals surface area contributed by atoms with Gasteiger partial charge in [0.1, 0.15) is 0 Å². The topological polar surface area (TPSA) is 47.6 Å². The normalized spacial score (nSPS) is 17.3. The molecule has 0 bridgehead atoms. The first kappa shape index (κ1) is 15.4. The molecule has 0 spiro atoms. The Bertz CT molecular complexity index is 511. The van der Waals surface area contributed by atoms with E-state index in [1.165, 1.54) is 0 Å². The number of hydrogen-bond acceptors (Lipinski definition) is 3. The van der Waals surface area contributed by atoms with Crippen molar-refractivity contribution in [1.82, 2.24) is 5.32 Å². The van der Waals surface area contributed by atoms with E-state index in [2.05, 4.69) is 17.5 Å². The summed E-state index contributed by atoms with van der Waals surface area (Å²) in [6.45, 7) is 0.647. The molecule has 2 rings (SSSR count). The number of carbonyl (C=O) groups excluding carboxylic acids is 1. The fraction of sp³-hybridized carbons (Fsp3) is 0.471. The van der Waals surface area contributed by atoms with Crippen molar-refractivity contribution in [1.29, 1.82) is 0 Å². The van der Waals surface area contributed by atoms with Crippen LogP contribution in [-0.4, -0.2) is 26.7 Å². The Morgan fingerprint density at radius 3 is 2.71 bits per heavy atom. The van der Waals surface area contributed by atoms with Gasteiger partial charge in [0, 0.05) is 12.5 Å². The summed E-state index contributed by atoms with van der Waals surface area (Å²) >= 11 is 0. The number of hydrogen-bond donors (Lipinski definition) is 1. The molecule has 114 valence electrons. The summed E-state index contributed by atoms with van der Waals surface area (Å²) in [5.74, 6) is 1.75. The van der Waals surface area contributed by atoms with Crippen molar-refractivity contribution in [3.63, 3.8) is 0 Å². The second kappa shape index (κ2) is 7.72. The van der Waals surface area contributed by atoms with E-state index in [1.807, 2.05) is 18.2 Å². The van der Waals surface area contributed by atoms with Crippen molar-refractivity contribution in [3.8, 4) is 11.5 Å². The van der Waals surface area contributed by atoms with Crippen molar-refractivity contribution >= 4 is 5.91 Å². The monoisotopic (exact) mass is 289 g/mol. The molecule has 1 N–H and O–H groups in total. The standard InChI is InChI=1S/C17H23NO3/c1-20-15-9-8-13(12-16(15)21-2)10-11-18-17(19)14-6-4-3-5-7-14/h3-4,8-9,12,14H,5-7,10-11H2,1-2H3,(H,18,19). The lowest BCUT2D eigenvalue weighted by molar-refractivity contribution is -0.125. The molecule has 1 aromatic carbocycles. The number of amides is 1. The average molecular weight is 289 g/mol. The Morgan fingerprint density at radius 1 is 1.24 bits per heavy atom. The molecular weight excluding hydrogens is 266 g/mol. The highest BCUT2D eigenvalue weighted by Gasteiger charge is 2.17. The maximum absolute atomic E-state index is 12.0. The molecule has 21 heavy (non-hydrogen) atoms. The second-order valence-electron chi connectivity index (χ2n) is 5.21. The molecule has 0 radical (unpaired) electrons. The summed E-state index contributed by atoms with van der Waals surface area (Å²) in [4.78, 5) is 12.0. The first-order chi connectivity index (χ1) is 10.2. The van der Waals surface area contributed by atoms with Gasteiger partial charge in [-0.3, -0.25) is 4.79 Å². The molecule has 0 aromatic heterocycles. The minimum atomic E-state index is 0.139. The summed E-state index contributed by atoms with van der Waals surface area (Å²) < 4.78 is 10.5. The van der Waals surface area contributed by atoms with Gasteiger partial charge in [0.15, 0.2) is 11.5 Å². The molecule has 0 saturated heterocycles. The van der Waals surface area contributed by atoms with E-state index in [4.69, 9.17) is 9.47 Å². The van der Waals surface area contributed by atoms with E-state index in [0.717, 1.165) is 42.7 Å². The van der Waals surface area contributed by atoms with Crippen LogP contribution < -0.4 is 14.8 Å². The molecule has 1 aliphatic carbocycles. The van der Waals surface area contributed by atoms with Gasteiger partial charge < -0.3 is 14.8 Å². The zero-order chi connectivity index (χ0) is 15.1. The quantitative estimate of drug-likeness (QED) is 0.819. The predicted molar refractivity (Wildman–Crippen MR) is 82.7 cm³/mol. The lowest BCUT2D eigenvalue weighted by Crippen LogP contribution is -2.32. The van der Waals surface area contributed by atoms with Crippen molar-refractivity contribution in [2.24, 2.45) is 5.92 Å². The van der Waals surface area contributed by atoms with E-state index in [1.54, 1.807) is 14.2 Å². The van der Waals surface area contributed by atoms with E-state index in [9.17, 15) is 4.79 Å². The number of nitrogens with one attached hydrogen (secondary N) is 1. The van der Waals surface area contributed by atoms with Gasteiger partial charge in [0.05, 0.1) is 14.2 Å². The molecule has 0 heterocycles. The third-order valence-corrected chi connectivity index (χ3v) is 3.80. The van der Waals surface area contributed by atoms with Gasteiger partial charge in [0.25, 0.3) is 0 Å². The predicted octanol–water partition coefficient (Wildman–Crippen LogP) is 2.72. The molecule has 1 aliphatic rings. The highest BCUT2D eigenvalue weighted by Crippen LogP contribution is 2.27. The molecule has 0 fully saturated rings. The first-order valence-corrected chi connectivity index (χ1v) is 7.38. The van der Waals surface area contributed by atoms with Crippen LogP contribution >= 0.6 is 0 Å². The van der Waals surface area contributed by atoms with Gasteiger partial charge in [-0.05, 0) is 43.4 Å². The number of carbonyl (C=O) groups is 1. The molecule has 4 nitrogen and oxygen atoms in total. The van der Waals surface area contributed by atoms with Crippen molar-refractivity contribution < 1.29 is 14.3 Å². The zero-order valence-corrected chi connectivity index (χ0v) is 12.7. The van der Waals surface area contributed by atoms with Crippen LogP contribution in [0.25, 0.3) is 0 Å². The van der Waals surface area contributed by atoms with Gasteiger partial charge in [-0.1, -0.05) is 18.2 Å². The van der Waals surface area contributed by atoms with Crippen LogP contribution in [0.3, 0.4) is 0 Å². The number of rotatable bonds is 6. The smallest absolute Gasteiger partial charge is 0.223 e. The van der Waals surface area contributed by atoms with Crippen LogP contribution in [0, 0.1) is 5.92 Å². The lowest BCUT2D eigenvalue weighted by atomic mass is 9.93. The Morgan fingerprint density at radius 2 is 2.05 bits per heavy atom. The molecule has 1 amide bonds. The minimum Gasteiger partial charge on any atom is -0.493 e. The van der Waals surface area contributed by atoms with Crippen molar-refractivity contribution in [2.75, 3.05) is 20.8 Å². The maximum Gasteiger partial charge on any atom is 0.223 e. The zero-order valence-electron chi connectivity index (χ0n) is 12.7. The molecule has 1 unspecified atom stereocenters. The largest absolute Gasteiger partial charge is 0.493 e. The third kappa shape index (κ3) is 4.25. The summed E-state index contributed by atoms with van der Waals surface area (Å²) in [6.07, 6.45) is 7.86. The van der Waals surface area contributed by atoms with Gasteiger partial charge in [-0.25, -0.2) is 0 Å². The van der Waals surface area contributed by atoms with Gasteiger partial charge in [-0.2, -0.15) is 0 Å². The van der Waals surface area contributed by atoms with Crippen molar-refractivity contribution in [3.05, 3.63) is 35.9 Å². The Hall–Kier alpha value is -1.97. The Labute approximate surface area is 126 Å². The highest BCUT2D eigenvalue weighted by molar-refractivity contribution is 5.78. The Kier molecular flexibility index (Phi) is 5.67. The van der Waals surface area contributed by atoms with Crippen LogP contribution in [0.4, 0.5) is 0 Å². The number of ether oxygens (including phenoxy) is 2. The summed E-state index contributed by atoms with van der Waals surface area (Å²) in [5, 5.41) is 3.02. The van der Waals surface area contributed by atoms with E-state index in [0.29, 0.717) is 6.54 Å².